The lowest BCUT2D eigenvalue weighted by Gasteiger charge is -2.09. The molecule has 0 saturated carbocycles. The number of ether oxygens (including phenoxy) is 1. The number of esters is 1. The fourth-order valence-electron chi connectivity index (χ4n) is 3.26. The SMILES string of the molecule is Cc1ccc2cc(COC(=O)Cn3cnc4c3c(=O)n(C)c(=O)n4C)c(Cl)nc2c1. The van der Waals surface area contributed by atoms with E-state index in [4.69, 9.17) is 16.3 Å². The highest BCUT2D eigenvalue weighted by Crippen LogP contribution is 2.22. The summed E-state index contributed by atoms with van der Waals surface area (Å²) in [4.78, 5) is 45.3. The first-order valence-corrected chi connectivity index (χ1v) is 9.46. The van der Waals surface area contributed by atoms with E-state index in [1.165, 1.54) is 29.6 Å². The lowest BCUT2D eigenvalue weighted by Crippen LogP contribution is -2.37. The number of carbonyl (C=O) groups is 1. The fourth-order valence-corrected chi connectivity index (χ4v) is 3.46. The summed E-state index contributed by atoms with van der Waals surface area (Å²) < 4.78 is 8.92. The van der Waals surface area contributed by atoms with Crippen molar-refractivity contribution in [1.82, 2.24) is 23.7 Å². The van der Waals surface area contributed by atoms with E-state index in [1.54, 1.807) is 0 Å². The molecule has 3 heterocycles. The van der Waals surface area contributed by atoms with E-state index in [-0.39, 0.29) is 29.5 Å². The van der Waals surface area contributed by atoms with Crippen molar-refractivity contribution in [2.24, 2.45) is 14.1 Å². The number of hydrogen-bond donors (Lipinski definition) is 0. The van der Waals surface area contributed by atoms with Gasteiger partial charge in [-0.15, -0.1) is 0 Å². The first kappa shape index (κ1) is 19.8. The van der Waals surface area contributed by atoms with Gasteiger partial charge in [-0.3, -0.25) is 18.7 Å². The van der Waals surface area contributed by atoms with E-state index < -0.39 is 17.2 Å². The number of hydrogen-bond acceptors (Lipinski definition) is 6. The van der Waals surface area contributed by atoms with Crippen molar-refractivity contribution in [1.29, 1.82) is 0 Å². The number of aryl methyl sites for hydroxylation is 2. The maximum absolute atomic E-state index is 12.4. The first-order valence-electron chi connectivity index (χ1n) is 9.08. The van der Waals surface area contributed by atoms with Crippen LogP contribution in [0.25, 0.3) is 22.1 Å². The topological polar surface area (TPSA) is 101 Å². The summed E-state index contributed by atoms with van der Waals surface area (Å²) in [7, 11) is 2.88. The largest absolute Gasteiger partial charge is 0.459 e. The standard InChI is InChI=1S/C20H18ClN5O4/c1-11-4-5-12-7-13(17(21)23-14(12)6-11)9-30-15(27)8-26-10-22-18-16(26)19(28)25(3)20(29)24(18)2/h4-7,10H,8-9H2,1-3H3. The Morgan fingerprint density at radius 3 is 2.70 bits per heavy atom. The number of benzene rings is 1. The molecule has 10 heteroatoms. The van der Waals surface area contributed by atoms with Gasteiger partial charge in [0.1, 0.15) is 18.3 Å². The third-order valence-corrected chi connectivity index (χ3v) is 5.23. The van der Waals surface area contributed by atoms with E-state index in [0.29, 0.717) is 5.56 Å². The molecule has 0 aliphatic heterocycles. The zero-order chi connectivity index (χ0) is 21.6. The van der Waals surface area contributed by atoms with Gasteiger partial charge in [0, 0.05) is 25.0 Å². The van der Waals surface area contributed by atoms with Gasteiger partial charge in [0.15, 0.2) is 11.2 Å². The summed E-state index contributed by atoms with van der Waals surface area (Å²) in [6.07, 6.45) is 1.33. The molecule has 4 rings (SSSR count). The van der Waals surface area contributed by atoms with Gasteiger partial charge in [0.2, 0.25) is 0 Å². The average Bonchev–Trinajstić information content (AvgIpc) is 3.12. The van der Waals surface area contributed by atoms with Crippen LogP contribution in [-0.4, -0.2) is 29.6 Å². The van der Waals surface area contributed by atoms with Crippen molar-refractivity contribution in [3.05, 3.63) is 67.7 Å². The molecule has 0 amide bonds. The van der Waals surface area contributed by atoms with Crippen LogP contribution in [-0.2, 0) is 36.8 Å². The molecule has 154 valence electrons. The van der Waals surface area contributed by atoms with Crippen molar-refractivity contribution in [2.75, 3.05) is 0 Å². The molecule has 4 aromatic rings. The van der Waals surface area contributed by atoms with Gasteiger partial charge in [0.05, 0.1) is 11.8 Å². The monoisotopic (exact) mass is 427 g/mol. The van der Waals surface area contributed by atoms with Gasteiger partial charge in [-0.05, 0) is 24.6 Å². The zero-order valence-electron chi connectivity index (χ0n) is 16.5. The van der Waals surface area contributed by atoms with Crippen LogP contribution in [0.1, 0.15) is 11.1 Å². The molecule has 9 nitrogen and oxygen atoms in total. The predicted octanol–water partition coefficient (Wildman–Crippen LogP) is 1.69. The minimum absolute atomic E-state index is 0.0579. The van der Waals surface area contributed by atoms with E-state index >= 15 is 0 Å². The molecule has 0 bridgehead atoms. The molecule has 0 aliphatic carbocycles. The lowest BCUT2D eigenvalue weighted by atomic mass is 10.1. The predicted molar refractivity (Wildman–Crippen MR) is 112 cm³/mol. The summed E-state index contributed by atoms with van der Waals surface area (Å²) in [6, 6.07) is 7.65. The zero-order valence-corrected chi connectivity index (χ0v) is 17.3. The van der Waals surface area contributed by atoms with Crippen LogP contribution >= 0.6 is 11.6 Å². The highest BCUT2D eigenvalue weighted by atomic mass is 35.5. The van der Waals surface area contributed by atoms with E-state index in [1.807, 2.05) is 31.2 Å². The average molecular weight is 428 g/mol. The number of fused-ring (bicyclic) bond motifs is 2. The van der Waals surface area contributed by atoms with Gasteiger partial charge < -0.3 is 9.30 Å². The molecule has 0 unspecified atom stereocenters. The summed E-state index contributed by atoms with van der Waals surface area (Å²) in [5, 5.41) is 1.15. The number of rotatable bonds is 4. The van der Waals surface area contributed by atoms with Crippen molar-refractivity contribution in [3.8, 4) is 0 Å². The Morgan fingerprint density at radius 1 is 1.17 bits per heavy atom. The number of carbonyl (C=O) groups excluding carboxylic acids is 1. The van der Waals surface area contributed by atoms with Crippen LogP contribution in [0.15, 0.2) is 40.2 Å². The summed E-state index contributed by atoms with van der Waals surface area (Å²) >= 11 is 6.24. The second-order valence-corrected chi connectivity index (χ2v) is 7.40. The van der Waals surface area contributed by atoms with Gasteiger partial charge in [-0.25, -0.2) is 14.8 Å². The lowest BCUT2D eigenvalue weighted by molar-refractivity contribution is -0.145. The van der Waals surface area contributed by atoms with E-state index in [2.05, 4.69) is 9.97 Å². The molecule has 0 N–H and O–H groups in total. The quantitative estimate of drug-likeness (QED) is 0.363. The van der Waals surface area contributed by atoms with Crippen molar-refractivity contribution in [2.45, 2.75) is 20.1 Å². The summed E-state index contributed by atoms with van der Waals surface area (Å²) in [5.74, 6) is -0.578. The van der Waals surface area contributed by atoms with Crippen LogP contribution < -0.4 is 11.2 Å². The Labute approximate surface area is 175 Å². The fraction of sp³-hybridized carbons (Fsp3) is 0.250. The molecule has 30 heavy (non-hydrogen) atoms. The molecule has 0 atom stereocenters. The van der Waals surface area contributed by atoms with Gasteiger partial charge in [0.25, 0.3) is 5.56 Å². The van der Waals surface area contributed by atoms with E-state index in [9.17, 15) is 14.4 Å². The van der Waals surface area contributed by atoms with Crippen LogP contribution in [0.2, 0.25) is 5.15 Å². The van der Waals surface area contributed by atoms with Crippen LogP contribution in [0.4, 0.5) is 0 Å². The Kier molecular flexibility index (Phi) is 4.90. The molecular formula is C20H18ClN5O4. The van der Waals surface area contributed by atoms with Crippen LogP contribution in [0.5, 0.6) is 0 Å². The number of imidazole rings is 1. The Hall–Kier alpha value is -3.46. The Bertz CT molecular complexity index is 1430. The van der Waals surface area contributed by atoms with E-state index in [0.717, 1.165) is 21.0 Å². The van der Waals surface area contributed by atoms with Gasteiger partial charge >= 0.3 is 11.7 Å². The number of pyridine rings is 1. The van der Waals surface area contributed by atoms with Crippen molar-refractivity contribution < 1.29 is 9.53 Å². The third-order valence-electron chi connectivity index (χ3n) is 4.90. The van der Waals surface area contributed by atoms with Crippen molar-refractivity contribution in [3.63, 3.8) is 0 Å². The molecule has 0 aliphatic rings. The number of halogens is 1. The third kappa shape index (κ3) is 3.37. The highest BCUT2D eigenvalue weighted by Gasteiger charge is 2.17. The van der Waals surface area contributed by atoms with Gasteiger partial charge in [-0.2, -0.15) is 0 Å². The highest BCUT2D eigenvalue weighted by molar-refractivity contribution is 6.30. The first-order chi connectivity index (χ1) is 14.3. The van der Waals surface area contributed by atoms with Crippen LogP contribution in [0, 0.1) is 6.92 Å². The molecule has 1 aromatic carbocycles. The second kappa shape index (κ2) is 7.42. The van der Waals surface area contributed by atoms with Crippen LogP contribution in [0.3, 0.4) is 0 Å². The molecule has 3 aromatic heterocycles. The number of nitrogens with zero attached hydrogens (tertiary/aromatic N) is 5. The Morgan fingerprint density at radius 2 is 1.93 bits per heavy atom. The van der Waals surface area contributed by atoms with Gasteiger partial charge in [-0.1, -0.05) is 23.7 Å². The van der Waals surface area contributed by atoms with Crippen molar-refractivity contribution >= 4 is 39.6 Å². The molecular weight excluding hydrogens is 410 g/mol. The molecule has 0 fully saturated rings. The maximum Gasteiger partial charge on any atom is 0.332 e. The normalized spacial score (nSPS) is 11.3. The minimum atomic E-state index is -0.578. The summed E-state index contributed by atoms with van der Waals surface area (Å²) in [6.45, 7) is 1.68. The molecule has 0 radical (unpaired) electrons. The molecule has 0 spiro atoms. The smallest absolute Gasteiger partial charge is 0.332 e. The second-order valence-electron chi connectivity index (χ2n) is 7.05. The Balaban J connectivity index is 1.56. The number of aromatic nitrogens is 5. The summed E-state index contributed by atoms with van der Waals surface area (Å²) in [5.41, 5.74) is 1.74. The maximum atomic E-state index is 12.4. The minimum Gasteiger partial charge on any atom is -0.459 e. The molecule has 0 saturated heterocycles.